The molecule has 0 N–H and O–H groups in total. The smallest absolute Gasteiger partial charge is 0.0196 e. The van der Waals surface area contributed by atoms with Crippen molar-refractivity contribution in [3.63, 3.8) is 0 Å². The van der Waals surface area contributed by atoms with Crippen LogP contribution in [0.1, 0.15) is 37.7 Å². The maximum absolute atomic E-state index is 2.31. The van der Waals surface area contributed by atoms with Crippen LogP contribution in [0.2, 0.25) is 0 Å². The summed E-state index contributed by atoms with van der Waals surface area (Å²) in [7, 11) is 1.05. The van der Waals surface area contributed by atoms with Gasteiger partial charge in [-0.1, -0.05) is 52.1 Å². The summed E-state index contributed by atoms with van der Waals surface area (Å²) in [4.78, 5) is 0. The van der Waals surface area contributed by atoms with Crippen molar-refractivity contribution in [1.29, 1.82) is 0 Å². The summed E-state index contributed by atoms with van der Waals surface area (Å²) < 4.78 is 0. The highest BCUT2D eigenvalue weighted by Crippen LogP contribution is 2.32. The number of benzene rings is 1. The Kier molecular flexibility index (Phi) is 3.59. The van der Waals surface area contributed by atoms with Gasteiger partial charge < -0.3 is 0 Å². The number of hydrogen-bond acceptors (Lipinski definition) is 0. The molecular weight excluding hydrogens is 187 g/mol. The van der Waals surface area contributed by atoms with Crippen LogP contribution in [-0.4, -0.2) is 5.66 Å². The summed E-state index contributed by atoms with van der Waals surface area (Å²) in [5, 5.41) is 1.60. The van der Waals surface area contributed by atoms with Gasteiger partial charge in [0.1, 0.15) is 0 Å². The van der Waals surface area contributed by atoms with Crippen molar-refractivity contribution in [2.45, 2.75) is 44.7 Å². The average molecular weight is 206 g/mol. The lowest BCUT2D eigenvalue weighted by Gasteiger charge is -2.22. The minimum absolute atomic E-state index is 0.991. The fourth-order valence-electron chi connectivity index (χ4n) is 2.20. The second-order valence-corrected chi connectivity index (χ2v) is 5.94. The molecule has 0 amide bonds. The van der Waals surface area contributed by atoms with Crippen molar-refractivity contribution in [1.82, 2.24) is 0 Å². The molecule has 1 aromatic rings. The predicted octanol–water partition coefficient (Wildman–Crippen LogP) is 3.63. The number of rotatable bonds is 2. The van der Waals surface area contributed by atoms with Crippen molar-refractivity contribution in [3.05, 3.63) is 29.8 Å². The first kappa shape index (κ1) is 10.2. The minimum Gasteiger partial charge on any atom is -0.0869 e. The zero-order valence-corrected chi connectivity index (χ0v) is 9.92. The molecule has 2 rings (SSSR count). The van der Waals surface area contributed by atoms with Gasteiger partial charge in [-0.15, -0.1) is 0 Å². The van der Waals surface area contributed by atoms with E-state index in [9.17, 15) is 0 Å². The van der Waals surface area contributed by atoms with Crippen LogP contribution in [0.3, 0.4) is 0 Å². The van der Waals surface area contributed by atoms with Gasteiger partial charge in [-0.05, 0) is 36.3 Å². The highest BCUT2D eigenvalue weighted by Gasteiger charge is 2.14. The lowest BCUT2D eigenvalue weighted by atomic mass is 10.0. The second kappa shape index (κ2) is 4.94. The zero-order chi connectivity index (χ0) is 9.80. The molecule has 1 aromatic carbocycles. The zero-order valence-electron chi connectivity index (χ0n) is 8.92. The number of aryl methyl sites for hydroxylation is 1. The van der Waals surface area contributed by atoms with Gasteiger partial charge in [0, 0.05) is 0 Å². The van der Waals surface area contributed by atoms with Crippen molar-refractivity contribution in [3.8, 4) is 0 Å². The Hall–Kier alpha value is -0.350. The predicted molar refractivity (Wildman–Crippen MR) is 66.0 cm³/mol. The quantitative estimate of drug-likeness (QED) is 0.648. The molecule has 76 valence electrons. The van der Waals surface area contributed by atoms with Gasteiger partial charge in [0.2, 0.25) is 0 Å². The highest BCUT2D eigenvalue weighted by atomic mass is 31.1. The van der Waals surface area contributed by atoms with Crippen molar-refractivity contribution in [2.24, 2.45) is 0 Å². The summed E-state index contributed by atoms with van der Waals surface area (Å²) in [5.41, 5.74) is 2.47. The molecule has 14 heavy (non-hydrogen) atoms. The third kappa shape index (κ3) is 2.58. The third-order valence-corrected chi connectivity index (χ3v) is 4.97. The lowest BCUT2D eigenvalue weighted by molar-refractivity contribution is 0.514. The molecule has 0 radical (unpaired) electrons. The molecule has 1 aliphatic carbocycles. The van der Waals surface area contributed by atoms with Crippen LogP contribution in [-0.2, 0) is 0 Å². The standard InChI is InChI=1S/C13H19P/c1-11-7-5-6-10-13(11)14-12-8-3-2-4-9-12/h5-7,10,12,14H,2-4,8-9H2,1H3. The molecule has 1 fully saturated rings. The largest absolute Gasteiger partial charge is 0.0869 e. The fourth-order valence-corrected chi connectivity index (χ4v) is 3.84. The van der Waals surface area contributed by atoms with E-state index in [1.165, 1.54) is 37.7 Å². The maximum Gasteiger partial charge on any atom is -0.0196 e. The van der Waals surface area contributed by atoms with Crippen LogP contribution < -0.4 is 5.30 Å². The first-order valence-corrected chi connectivity index (χ1v) is 6.76. The summed E-state index contributed by atoms with van der Waals surface area (Å²) in [6.45, 7) is 2.24. The van der Waals surface area contributed by atoms with E-state index in [0.29, 0.717) is 0 Å². The van der Waals surface area contributed by atoms with E-state index in [0.717, 1.165) is 14.2 Å². The molecule has 0 aromatic heterocycles. The Morgan fingerprint density at radius 2 is 1.79 bits per heavy atom. The van der Waals surface area contributed by atoms with E-state index in [1.54, 1.807) is 5.30 Å². The van der Waals surface area contributed by atoms with Crippen LogP contribution in [0.5, 0.6) is 0 Å². The van der Waals surface area contributed by atoms with E-state index >= 15 is 0 Å². The molecule has 1 saturated carbocycles. The molecule has 1 aliphatic rings. The lowest BCUT2D eigenvalue weighted by Crippen LogP contribution is -2.12. The normalized spacial score (nSPS) is 19.2. The van der Waals surface area contributed by atoms with Gasteiger partial charge in [0.25, 0.3) is 0 Å². The van der Waals surface area contributed by atoms with Gasteiger partial charge >= 0.3 is 0 Å². The van der Waals surface area contributed by atoms with Crippen molar-refractivity contribution >= 4 is 13.9 Å². The first-order chi connectivity index (χ1) is 6.86. The first-order valence-electron chi connectivity index (χ1n) is 5.68. The van der Waals surface area contributed by atoms with Gasteiger partial charge in [-0.3, -0.25) is 0 Å². The minimum atomic E-state index is 0.991. The van der Waals surface area contributed by atoms with Crippen LogP contribution in [0.25, 0.3) is 0 Å². The summed E-state index contributed by atoms with van der Waals surface area (Å²) in [6, 6.07) is 8.87. The van der Waals surface area contributed by atoms with E-state index in [-0.39, 0.29) is 0 Å². The summed E-state index contributed by atoms with van der Waals surface area (Å²) in [5.74, 6) is 0. The second-order valence-electron chi connectivity index (χ2n) is 4.29. The molecule has 0 saturated heterocycles. The SMILES string of the molecule is Cc1ccccc1PC1CCCCC1. The van der Waals surface area contributed by atoms with Crippen LogP contribution in [0.15, 0.2) is 24.3 Å². The van der Waals surface area contributed by atoms with Gasteiger partial charge in [-0.2, -0.15) is 0 Å². The van der Waals surface area contributed by atoms with E-state index in [2.05, 4.69) is 31.2 Å². The summed E-state index contributed by atoms with van der Waals surface area (Å²) in [6.07, 6.45) is 7.32. The molecular formula is C13H19P. The topological polar surface area (TPSA) is 0 Å². The molecule has 1 atom stereocenters. The van der Waals surface area contributed by atoms with Gasteiger partial charge in [-0.25, -0.2) is 0 Å². The molecule has 0 nitrogen and oxygen atoms in total. The van der Waals surface area contributed by atoms with Crippen molar-refractivity contribution in [2.75, 3.05) is 0 Å². The maximum atomic E-state index is 2.31. The Morgan fingerprint density at radius 1 is 1.07 bits per heavy atom. The molecule has 0 spiro atoms. The van der Waals surface area contributed by atoms with Gasteiger partial charge in [0.05, 0.1) is 0 Å². The van der Waals surface area contributed by atoms with Crippen LogP contribution in [0.4, 0.5) is 0 Å². The Bertz CT molecular complexity index is 287. The molecule has 1 unspecified atom stereocenters. The van der Waals surface area contributed by atoms with E-state index in [1.807, 2.05) is 0 Å². The van der Waals surface area contributed by atoms with Crippen LogP contribution in [0, 0.1) is 6.92 Å². The molecule has 0 bridgehead atoms. The Labute approximate surface area is 88.9 Å². The van der Waals surface area contributed by atoms with E-state index in [4.69, 9.17) is 0 Å². The monoisotopic (exact) mass is 206 g/mol. The Balaban J connectivity index is 1.99. The summed E-state index contributed by atoms with van der Waals surface area (Å²) >= 11 is 0. The highest BCUT2D eigenvalue weighted by molar-refractivity contribution is 7.48. The van der Waals surface area contributed by atoms with Crippen molar-refractivity contribution < 1.29 is 0 Å². The Morgan fingerprint density at radius 3 is 2.50 bits per heavy atom. The third-order valence-electron chi connectivity index (χ3n) is 3.11. The molecule has 0 aliphatic heterocycles. The number of hydrogen-bond donors (Lipinski definition) is 0. The molecule has 1 heteroatoms. The average Bonchev–Trinajstić information content (AvgIpc) is 2.23. The fraction of sp³-hybridized carbons (Fsp3) is 0.538. The van der Waals surface area contributed by atoms with Crippen LogP contribution >= 0.6 is 8.58 Å². The van der Waals surface area contributed by atoms with E-state index < -0.39 is 0 Å². The van der Waals surface area contributed by atoms with Gasteiger partial charge in [0.15, 0.2) is 0 Å². The molecule has 0 heterocycles.